The Bertz CT molecular complexity index is 1350. The molecule has 0 N–H and O–H groups in total. The molecule has 2 aromatic carbocycles. The number of carbonyl (C=O) groups excluding carboxylic acids is 1. The highest BCUT2D eigenvalue weighted by Crippen LogP contribution is 2.53. The van der Waals surface area contributed by atoms with Crippen LogP contribution in [0, 0.1) is 0 Å². The van der Waals surface area contributed by atoms with Crippen LogP contribution in [0.25, 0.3) is 0 Å². The molecule has 4 nitrogen and oxygen atoms in total. The molecule has 3 aromatic rings. The molecule has 1 saturated heterocycles. The second kappa shape index (κ2) is 10.6. The summed E-state index contributed by atoms with van der Waals surface area (Å²) in [5.41, 5.74) is -6.42. The molecular weight excluding hydrogens is 617 g/mol. The summed E-state index contributed by atoms with van der Waals surface area (Å²) in [6.45, 7) is 0.0261. The lowest BCUT2D eigenvalue weighted by molar-refractivity contribution is -0.348. The molecule has 0 spiro atoms. The molecule has 13 heteroatoms. The van der Waals surface area contributed by atoms with Crippen molar-refractivity contribution in [2.24, 2.45) is 0 Å². The number of halogens is 8. The van der Waals surface area contributed by atoms with Gasteiger partial charge in [0.2, 0.25) is 5.91 Å². The summed E-state index contributed by atoms with van der Waals surface area (Å²) in [6.07, 6.45) is -9.35. The first kappa shape index (κ1) is 29.2. The van der Waals surface area contributed by atoms with Crippen molar-refractivity contribution in [2.45, 2.75) is 40.5 Å². The Hall–Kier alpha value is -2.80. The molecule has 0 saturated carbocycles. The zero-order valence-corrected chi connectivity index (χ0v) is 22.3. The number of hydrogen-bond donors (Lipinski definition) is 0. The van der Waals surface area contributed by atoms with Crippen molar-refractivity contribution >= 4 is 32.6 Å². The quantitative estimate of drug-likeness (QED) is 0.286. The van der Waals surface area contributed by atoms with E-state index in [9.17, 15) is 39.7 Å². The van der Waals surface area contributed by atoms with Crippen LogP contribution in [0.1, 0.15) is 23.1 Å². The van der Waals surface area contributed by atoms with Crippen LogP contribution in [-0.2, 0) is 32.4 Å². The maximum Gasteiger partial charge on any atom is 0.435 e. The predicted molar refractivity (Wildman–Crippen MR) is 133 cm³/mol. The van der Waals surface area contributed by atoms with E-state index in [0.29, 0.717) is 27.1 Å². The van der Waals surface area contributed by atoms with E-state index in [1.165, 1.54) is 17.3 Å². The van der Waals surface area contributed by atoms with Crippen LogP contribution in [0.2, 0.25) is 0 Å². The van der Waals surface area contributed by atoms with Gasteiger partial charge in [0.05, 0.1) is 22.0 Å². The summed E-state index contributed by atoms with van der Waals surface area (Å²) >= 11 is 3.29. The standard InChI is InChI=1S/C26H20BrF7N2O2S/c27-20-2-1-3-21(15-20)39(38)23(10-13-36(16-23)22(37)14-17-8-11-35-12-9-17)18-4-6-19(7-5-18)24(28,25(29,30)31)26(32,33)34/h1-9,11-12,15H,10,13-14,16H2. The van der Waals surface area contributed by atoms with Crippen LogP contribution < -0.4 is 0 Å². The Kier molecular flexibility index (Phi) is 7.96. The van der Waals surface area contributed by atoms with E-state index in [2.05, 4.69) is 20.9 Å². The number of alkyl halides is 7. The van der Waals surface area contributed by atoms with Crippen LogP contribution >= 0.6 is 15.9 Å². The zero-order chi connectivity index (χ0) is 28.6. The highest BCUT2D eigenvalue weighted by atomic mass is 79.9. The lowest BCUT2D eigenvalue weighted by Gasteiger charge is -2.32. The highest BCUT2D eigenvalue weighted by molar-refractivity contribution is 9.10. The molecule has 1 fully saturated rings. The van der Waals surface area contributed by atoms with Gasteiger partial charge in [-0.05, 0) is 47.9 Å². The van der Waals surface area contributed by atoms with Crippen molar-refractivity contribution in [2.75, 3.05) is 13.1 Å². The first-order valence-electron chi connectivity index (χ1n) is 11.5. The van der Waals surface area contributed by atoms with Crippen molar-refractivity contribution in [3.05, 3.63) is 94.2 Å². The third-order valence-electron chi connectivity index (χ3n) is 6.64. The number of aromatic nitrogens is 1. The van der Waals surface area contributed by atoms with E-state index in [4.69, 9.17) is 0 Å². The van der Waals surface area contributed by atoms with Crippen LogP contribution in [0.3, 0.4) is 0 Å². The van der Waals surface area contributed by atoms with Crippen LogP contribution in [-0.4, -0.2) is 45.4 Å². The van der Waals surface area contributed by atoms with Gasteiger partial charge in [-0.25, -0.2) is 4.39 Å². The second-order valence-electron chi connectivity index (χ2n) is 9.05. The fourth-order valence-electron chi connectivity index (χ4n) is 4.58. The molecule has 0 aliphatic carbocycles. The molecule has 39 heavy (non-hydrogen) atoms. The van der Waals surface area contributed by atoms with Gasteiger partial charge in [-0.1, -0.05) is 46.3 Å². The van der Waals surface area contributed by atoms with Gasteiger partial charge in [-0.3, -0.25) is 14.0 Å². The number of benzene rings is 2. The van der Waals surface area contributed by atoms with Crippen molar-refractivity contribution < 1.29 is 39.7 Å². The van der Waals surface area contributed by atoms with E-state index in [1.807, 2.05) is 0 Å². The van der Waals surface area contributed by atoms with Gasteiger partial charge in [-0.15, -0.1) is 0 Å². The molecule has 208 valence electrons. The normalized spacial score (nSPS) is 19.2. The first-order chi connectivity index (χ1) is 18.2. The Morgan fingerprint density at radius 1 is 0.949 bits per heavy atom. The molecule has 1 aromatic heterocycles. The third kappa shape index (κ3) is 5.47. The minimum atomic E-state index is -6.26. The number of hydrogen-bond acceptors (Lipinski definition) is 3. The lowest BCUT2D eigenvalue weighted by Crippen LogP contribution is -2.50. The van der Waals surface area contributed by atoms with Crippen LogP contribution in [0.4, 0.5) is 30.7 Å². The van der Waals surface area contributed by atoms with Gasteiger partial charge in [0.1, 0.15) is 0 Å². The average molecular weight is 637 g/mol. The predicted octanol–water partition coefficient (Wildman–Crippen LogP) is 6.61. The maximum atomic E-state index is 14.6. The SMILES string of the molecule is O=C(Cc1ccncc1)N1CCC(c2ccc(C(F)(C(F)(F)F)C(F)(F)F)cc2)(S(=O)c2cccc(Br)c2)C1. The molecule has 2 unspecified atom stereocenters. The number of amides is 1. The summed E-state index contributed by atoms with van der Waals surface area (Å²) in [5, 5.41) is 0. The molecule has 2 heterocycles. The van der Waals surface area contributed by atoms with Gasteiger partial charge >= 0.3 is 18.0 Å². The first-order valence-corrected chi connectivity index (χ1v) is 13.4. The van der Waals surface area contributed by atoms with Gasteiger partial charge < -0.3 is 4.90 Å². The van der Waals surface area contributed by atoms with Crippen LogP contribution in [0.5, 0.6) is 0 Å². The lowest BCUT2D eigenvalue weighted by atomic mass is 9.90. The molecular formula is C26H20BrF7N2O2S. The Balaban J connectivity index is 1.74. The number of pyridine rings is 1. The van der Waals surface area contributed by atoms with E-state index in [-0.39, 0.29) is 37.4 Å². The number of nitrogens with zero attached hydrogens (tertiary/aromatic N) is 2. The average Bonchev–Trinajstić information content (AvgIpc) is 3.34. The molecule has 2 atom stereocenters. The minimum Gasteiger partial charge on any atom is -0.340 e. The number of rotatable bonds is 6. The summed E-state index contributed by atoms with van der Waals surface area (Å²) < 4.78 is 107. The van der Waals surface area contributed by atoms with Gasteiger partial charge in [0.25, 0.3) is 0 Å². The van der Waals surface area contributed by atoms with Crippen molar-refractivity contribution in [1.29, 1.82) is 0 Å². The highest BCUT2D eigenvalue weighted by Gasteiger charge is 2.73. The molecule has 1 aliphatic rings. The maximum absolute atomic E-state index is 14.6. The van der Waals surface area contributed by atoms with E-state index < -0.39 is 39.1 Å². The molecule has 0 radical (unpaired) electrons. The van der Waals surface area contributed by atoms with Crippen molar-refractivity contribution in [3.8, 4) is 0 Å². The van der Waals surface area contributed by atoms with Crippen LogP contribution in [0.15, 0.2) is 82.4 Å². The molecule has 4 rings (SSSR count). The summed E-state index contributed by atoms with van der Waals surface area (Å²) in [6, 6.07) is 12.5. The second-order valence-corrected chi connectivity index (χ2v) is 11.8. The Morgan fingerprint density at radius 2 is 1.56 bits per heavy atom. The molecule has 0 bridgehead atoms. The summed E-state index contributed by atoms with van der Waals surface area (Å²) in [4.78, 5) is 18.7. The number of carbonyl (C=O) groups is 1. The summed E-state index contributed by atoms with van der Waals surface area (Å²) in [5.74, 6) is -0.303. The Morgan fingerprint density at radius 3 is 2.13 bits per heavy atom. The van der Waals surface area contributed by atoms with E-state index in [0.717, 1.165) is 12.1 Å². The van der Waals surface area contributed by atoms with E-state index in [1.54, 1.807) is 36.4 Å². The fraction of sp³-hybridized carbons (Fsp3) is 0.308. The Labute approximate surface area is 229 Å². The van der Waals surface area contributed by atoms with Gasteiger partial charge in [0.15, 0.2) is 0 Å². The van der Waals surface area contributed by atoms with Gasteiger partial charge in [-0.2, -0.15) is 26.3 Å². The fourth-order valence-corrected chi connectivity index (χ4v) is 6.91. The topological polar surface area (TPSA) is 50.3 Å². The smallest absolute Gasteiger partial charge is 0.340 e. The third-order valence-corrected chi connectivity index (χ3v) is 9.10. The number of likely N-dealkylation sites (tertiary alicyclic amines) is 1. The molecule has 1 aliphatic heterocycles. The zero-order valence-electron chi connectivity index (χ0n) is 19.9. The molecule has 1 amide bonds. The monoisotopic (exact) mass is 636 g/mol. The van der Waals surface area contributed by atoms with Crippen molar-refractivity contribution in [1.82, 2.24) is 9.88 Å². The largest absolute Gasteiger partial charge is 0.435 e. The minimum absolute atomic E-state index is 0.0165. The van der Waals surface area contributed by atoms with E-state index >= 15 is 0 Å². The van der Waals surface area contributed by atoms with Crippen molar-refractivity contribution in [3.63, 3.8) is 0 Å². The van der Waals surface area contributed by atoms with Gasteiger partial charge in [0, 0.05) is 40.4 Å². The summed E-state index contributed by atoms with van der Waals surface area (Å²) in [7, 11) is -1.90.